The third-order valence-corrected chi connectivity index (χ3v) is 8.60. The molecule has 130 valence electrons. The van der Waals surface area contributed by atoms with Crippen LogP contribution in [-0.4, -0.2) is 31.7 Å². The molecule has 0 saturated carbocycles. The third kappa shape index (κ3) is 4.26. The first-order valence-corrected chi connectivity index (χ1v) is 11.0. The number of sulfonamides is 1. The lowest BCUT2D eigenvalue weighted by atomic mass is 10.3. The largest absolute Gasteiger partial charge is 0.321 e. The van der Waals surface area contributed by atoms with E-state index < -0.39 is 10.0 Å². The topological polar surface area (TPSA) is 66.5 Å². The Morgan fingerprint density at radius 2 is 1.88 bits per heavy atom. The van der Waals surface area contributed by atoms with Crippen molar-refractivity contribution in [3.05, 3.63) is 43.5 Å². The molecule has 24 heavy (non-hydrogen) atoms. The molecule has 0 aliphatic rings. The van der Waals surface area contributed by atoms with Crippen LogP contribution in [0, 0.1) is 0 Å². The van der Waals surface area contributed by atoms with Crippen LogP contribution < -0.4 is 5.32 Å². The van der Waals surface area contributed by atoms with Crippen LogP contribution in [-0.2, 0) is 10.0 Å². The van der Waals surface area contributed by atoms with Crippen molar-refractivity contribution < 1.29 is 13.2 Å². The van der Waals surface area contributed by atoms with E-state index in [9.17, 15) is 13.2 Å². The van der Waals surface area contributed by atoms with Crippen molar-refractivity contribution in [2.75, 3.05) is 18.4 Å². The van der Waals surface area contributed by atoms with E-state index >= 15 is 0 Å². The number of amides is 1. The first kappa shape index (κ1) is 19.6. The van der Waals surface area contributed by atoms with Crippen molar-refractivity contribution in [2.24, 2.45) is 0 Å². The van der Waals surface area contributed by atoms with Gasteiger partial charge in [-0.3, -0.25) is 4.79 Å². The standard InChI is InChI=1S/C15H16Br2N2O3S2/c1-3-19(4-2)24(21,22)11-7-5-6-10(8-11)18-15(20)13-9-12(16)14(17)23-13/h5-9H,3-4H2,1-2H3,(H,18,20). The molecule has 0 radical (unpaired) electrons. The van der Waals surface area contributed by atoms with Gasteiger partial charge in [-0.05, 0) is 56.1 Å². The van der Waals surface area contributed by atoms with Gasteiger partial charge < -0.3 is 5.32 Å². The van der Waals surface area contributed by atoms with Crippen molar-refractivity contribution in [1.29, 1.82) is 0 Å². The Morgan fingerprint density at radius 3 is 2.42 bits per heavy atom. The zero-order valence-electron chi connectivity index (χ0n) is 13.0. The lowest BCUT2D eigenvalue weighted by Gasteiger charge is -2.18. The lowest BCUT2D eigenvalue weighted by Crippen LogP contribution is -2.30. The molecule has 0 saturated heterocycles. The first-order valence-electron chi connectivity index (χ1n) is 7.16. The Balaban J connectivity index is 2.26. The highest BCUT2D eigenvalue weighted by molar-refractivity contribution is 9.13. The normalized spacial score (nSPS) is 11.7. The minimum atomic E-state index is -3.56. The zero-order valence-corrected chi connectivity index (χ0v) is 17.9. The Bertz CT molecular complexity index is 827. The number of benzene rings is 1. The molecular weight excluding hydrogens is 480 g/mol. The van der Waals surface area contributed by atoms with Crippen molar-refractivity contribution in [1.82, 2.24) is 4.31 Å². The van der Waals surface area contributed by atoms with Gasteiger partial charge in [-0.15, -0.1) is 11.3 Å². The summed E-state index contributed by atoms with van der Waals surface area (Å²) in [5, 5.41) is 2.73. The van der Waals surface area contributed by atoms with Crippen LogP contribution >= 0.6 is 43.2 Å². The summed E-state index contributed by atoms with van der Waals surface area (Å²) >= 11 is 7.98. The molecular formula is C15H16Br2N2O3S2. The number of anilines is 1. The van der Waals surface area contributed by atoms with E-state index in [2.05, 4.69) is 37.2 Å². The van der Waals surface area contributed by atoms with Crippen LogP contribution in [0.3, 0.4) is 0 Å². The van der Waals surface area contributed by atoms with E-state index in [1.54, 1.807) is 32.0 Å². The van der Waals surface area contributed by atoms with Gasteiger partial charge in [0.2, 0.25) is 10.0 Å². The van der Waals surface area contributed by atoms with Crippen LogP contribution in [0.2, 0.25) is 0 Å². The molecule has 1 aromatic heterocycles. The second-order valence-electron chi connectivity index (χ2n) is 4.80. The number of thiophene rings is 1. The quantitative estimate of drug-likeness (QED) is 0.638. The highest BCUT2D eigenvalue weighted by Crippen LogP contribution is 2.32. The molecule has 1 aromatic carbocycles. The minimum Gasteiger partial charge on any atom is -0.321 e. The Kier molecular flexibility index (Phi) is 6.60. The number of rotatable bonds is 6. The summed E-state index contributed by atoms with van der Waals surface area (Å²) in [5.74, 6) is -0.288. The fraction of sp³-hybridized carbons (Fsp3) is 0.267. The molecule has 1 N–H and O–H groups in total. The third-order valence-electron chi connectivity index (χ3n) is 3.30. The molecule has 0 unspecified atom stereocenters. The number of nitrogens with one attached hydrogen (secondary N) is 1. The minimum absolute atomic E-state index is 0.164. The molecule has 0 bridgehead atoms. The molecule has 0 fully saturated rings. The van der Waals surface area contributed by atoms with Crippen LogP contribution in [0.15, 0.2) is 43.5 Å². The van der Waals surface area contributed by atoms with Gasteiger partial charge in [0.05, 0.1) is 13.6 Å². The van der Waals surface area contributed by atoms with Crippen LogP contribution in [0.25, 0.3) is 0 Å². The highest BCUT2D eigenvalue weighted by atomic mass is 79.9. The summed E-state index contributed by atoms with van der Waals surface area (Å²) in [7, 11) is -3.56. The summed E-state index contributed by atoms with van der Waals surface area (Å²) in [5.41, 5.74) is 0.439. The number of hydrogen-bond donors (Lipinski definition) is 1. The van der Waals surface area contributed by atoms with Crippen LogP contribution in [0.4, 0.5) is 5.69 Å². The summed E-state index contributed by atoms with van der Waals surface area (Å²) in [6, 6.07) is 7.99. The Hall–Kier alpha value is -0.740. The fourth-order valence-corrected chi connectivity index (χ4v) is 5.53. The van der Waals surface area contributed by atoms with Crippen LogP contribution in [0.1, 0.15) is 23.5 Å². The molecule has 1 amide bonds. The second-order valence-corrected chi connectivity index (χ2v) is 9.97. The van der Waals surface area contributed by atoms with Gasteiger partial charge in [0, 0.05) is 23.2 Å². The van der Waals surface area contributed by atoms with Gasteiger partial charge in [-0.1, -0.05) is 19.9 Å². The molecule has 5 nitrogen and oxygen atoms in total. The van der Waals surface area contributed by atoms with Gasteiger partial charge >= 0.3 is 0 Å². The molecule has 0 aliphatic heterocycles. The molecule has 9 heteroatoms. The maximum absolute atomic E-state index is 12.6. The predicted octanol–water partition coefficient (Wildman–Crippen LogP) is 4.56. The fourth-order valence-electron chi connectivity index (χ4n) is 2.10. The number of hydrogen-bond acceptors (Lipinski definition) is 4. The van der Waals surface area contributed by atoms with E-state index in [0.29, 0.717) is 23.7 Å². The Labute approximate surface area is 162 Å². The summed E-state index contributed by atoms with van der Waals surface area (Å²) in [6.07, 6.45) is 0. The number of halogens is 2. The Morgan fingerprint density at radius 1 is 1.21 bits per heavy atom. The van der Waals surface area contributed by atoms with Crippen molar-refractivity contribution in [2.45, 2.75) is 18.7 Å². The van der Waals surface area contributed by atoms with Gasteiger partial charge in [0.1, 0.15) is 0 Å². The van der Waals surface area contributed by atoms with Gasteiger partial charge in [0.25, 0.3) is 5.91 Å². The molecule has 2 aromatic rings. The first-order chi connectivity index (χ1) is 11.3. The smallest absolute Gasteiger partial charge is 0.265 e. The lowest BCUT2D eigenvalue weighted by molar-refractivity contribution is 0.103. The molecule has 2 rings (SSSR count). The average molecular weight is 496 g/mol. The second kappa shape index (κ2) is 8.09. The maximum atomic E-state index is 12.6. The highest BCUT2D eigenvalue weighted by Gasteiger charge is 2.22. The number of carbonyl (C=O) groups excluding carboxylic acids is 1. The van der Waals surface area contributed by atoms with Gasteiger partial charge in [-0.2, -0.15) is 4.31 Å². The van der Waals surface area contributed by atoms with Crippen LogP contribution in [0.5, 0.6) is 0 Å². The van der Waals surface area contributed by atoms with E-state index in [0.717, 1.165) is 8.26 Å². The van der Waals surface area contributed by atoms with Crippen molar-refractivity contribution >= 4 is 64.8 Å². The molecule has 0 atom stereocenters. The average Bonchev–Trinajstić information content (AvgIpc) is 2.88. The monoisotopic (exact) mass is 494 g/mol. The summed E-state index contributed by atoms with van der Waals surface area (Å²) < 4.78 is 28.1. The van der Waals surface area contributed by atoms with E-state index in [1.807, 2.05) is 0 Å². The predicted molar refractivity (Wildman–Crippen MR) is 104 cm³/mol. The van der Waals surface area contributed by atoms with Crippen molar-refractivity contribution in [3.8, 4) is 0 Å². The summed E-state index contributed by atoms with van der Waals surface area (Å²) in [6.45, 7) is 4.37. The van der Waals surface area contributed by atoms with E-state index in [1.165, 1.54) is 27.8 Å². The van der Waals surface area contributed by atoms with Gasteiger partial charge in [0.15, 0.2) is 0 Å². The summed E-state index contributed by atoms with van der Waals surface area (Å²) in [4.78, 5) is 13.0. The van der Waals surface area contributed by atoms with Gasteiger partial charge in [-0.25, -0.2) is 8.42 Å². The van der Waals surface area contributed by atoms with E-state index in [4.69, 9.17) is 0 Å². The molecule has 0 spiro atoms. The van der Waals surface area contributed by atoms with Crippen molar-refractivity contribution in [3.63, 3.8) is 0 Å². The maximum Gasteiger partial charge on any atom is 0.265 e. The molecule has 1 heterocycles. The zero-order chi connectivity index (χ0) is 17.9. The van der Waals surface area contributed by atoms with E-state index in [-0.39, 0.29) is 10.8 Å². The molecule has 0 aliphatic carbocycles. The number of carbonyl (C=O) groups is 1. The SMILES string of the molecule is CCN(CC)S(=O)(=O)c1cccc(NC(=O)c2cc(Br)c(Br)s2)c1. The number of nitrogens with zero attached hydrogens (tertiary/aromatic N) is 1.